The van der Waals surface area contributed by atoms with Crippen molar-refractivity contribution in [1.29, 1.82) is 0 Å². The van der Waals surface area contributed by atoms with Gasteiger partial charge in [0.2, 0.25) is 5.91 Å². The Balaban J connectivity index is 2.15. The Morgan fingerprint density at radius 2 is 2.09 bits per heavy atom. The van der Waals surface area contributed by atoms with Gasteiger partial charge in [0.15, 0.2) is 11.9 Å². The average Bonchev–Trinajstić information content (AvgIpc) is 2.89. The molecule has 0 radical (unpaired) electrons. The van der Waals surface area contributed by atoms with Crippen LogP contribution in [0.5, 0.6) is 0 Å². The van der Waals surface area contributed by atoms with Crippen molar-refractivity contribution in [2.45, 2.75) is 32.8 Å². The lowest BCUT2D eigenvalue weighted by atomic mass is 9.89. The summed E-state index contributed by atoms with van der Waals surface area (Å²) in [5.74, 6) is 0.283. The third-order valence-corrected chi connectivity index (χ3v) is 3.68. The van der Waals surface area contributed by atoms with Gasteiger partial charge in [-0.2, -0.15) is 0 Å². The molecule has 0 saturated heterocycles. The van der Waals surface area contributed by atoms with E-state index in [1.54, 1.807) is 18.2 Å². The zero-order valence-electron chi connectivity index (χ0n) is 12.6. The molecule has 1 aromatic heterocycles. The number of benzene rings is 1. The summed E-state index contributed by atoms with van der Waals surface area (Å²) in [4.78, 5) is 31.1. The van der Waals surface area contributed by atoms with Gasteiger partial charge in [0.1, 0.15) is 5.82 Å². The Morgan fingerprint density at radius 1 is 1.36 bits per heavy atom. The molecule has 1 aliphatic carbocycles. The van der Waals surface area contributed by atoms with E-state index < -0.39 is 11.9 Å². The first-order chi connectivity index (χ1) is 10.4. The third kappa shape index (κ3) is 2.21. The number of ketones is 1. The average molecular weight is 299 g/mol. The van der Waals surface area contributed by atoms with E-state index in [-0.39, 0.29) is 11.8 Å². The normalized spacial score (nSPS) is 16.4. The maximum absolute atomic E-state index is 12.4. The van der Waals surface area contributed by atoms with Gasteiger partial charge in [-0.05, 0) is 18.2 Å². The number of amides is 1. The molecule has 1 atom stereocenters. The molecule has 1 amide bonds. The maximum atomic E-state index is 12.4. The first-order valence-corrected chi connectivity index (χ1v) is 7.12. The number of anilines is 1. The molecule has 0 bridgehead atoms. The fourth-order valence-corrected chi connectivity index (χ4v) is 2.60. The molecule has 1 heterocycles. The molecule has 1 unspecified atom stereocenters. The largest absolute Gasteiger partial charge is 0.379 e. The second-order valence-electron chi connectivity index (χ2n) is 5.75. The van der Waals surface area contributed by atoms with Crippen LogP contribution in [-0.2, 0) is 4.79 Å². The number of aliphatic hydroxyl groups is 1. The van der Waals surface area contributed by atoms with Crippen LogP contribution in [0.2, 0.25) is 0 Å². The molecule has 2 aromatic rings. The van der Waals surface area contributed by atoms with Crippen molar-refractivity contribution < 1.29 is 14.7 Å². The summed E-state index contributed by atoms with van der Waals surface area (Å²) >= 11 is 0. The van der Waals surface area contributed by atoms with Gasteiger partial charge in [-0.3, -0.25) is 9.59 Å². The summed E-state index contributed by atoms with van der Waals surface area (Å²) in [5, 5.41) is 12.9. The molecule has 6 nitrogen and oxygen atoms in total. The maximum Gasteiger partial charge on any atom is 0.221 e. The number of rotatable bonds is 2. The van der Waals surface area contributed by atoms with Crippen molar-refractivity contribution in [3.63, 3.8) is 0 Å². The van der Waals surface area contributed by atoms with Gasteiger partial charge in [0.25, 0.3) is 0 Å². The van der Waals surface area contributed by atoms with Crippen molar-refractivity contribution in [3.8, 4) is 11.3 Å². The first kappa shape index (κ1) is 14.5. The molecule has 1 aliphatic rings. The summed E-state index contributed by atoms with van der Waals surface area (Å²) in [6, 6.07) is 5.04. The van der Waals surface area contributed by atoms with Gasteiger partial charge in [0.05, 0.1) is 11.4 Å². The standard InChI is InChI=1S/C16H17N3O3/c1-7(2)16-18-12-10-5-4-9(17-8(3)20)6-11(10)14(21)15(22)13(12)19-16/h4-7,15,22H,1-3H3,(H,17,20)(H,18,19). The fourth-order valence-electron chi connectivity index (χ4n) is 2.60. The lowest BCUT2D eigenvalue weighted by Gasteiger charge is -2.19. The van der Waals surface area contributed by atoms with Crippen molar-refractivity contribution in [2.75, 3.05) is 5.32 Å². The Kier molecular flexibility index (Phi) is 3.33. The van der Waals surface area contributed by atoms with E-state index in [4.69, 9.17) is 0 Å². The summed E-state index contributed by atoms with van der Waals surface area (Å²) in [6.07, 6.45) is -1.25. The molecule has 0 spiro atoms. The molecule has 3 N–H and O–H groups in total. The van der Waals surface area contributed by atoms with Gasteiger partial charge < -0.3 is 15.4 Å². The number of nitrogens with one attached hydrogen (secondary N) is 2. The molecule has 0 saturated carbocycles. The molecular weight excluding hydrogens is 282 g/mol. The minimum absolute atomic E-state index is 0.162. The Hall–Kier alpha value is -2.47. The van der Waals surface area contributed by atoms with Crippen LogP contribution < -0.4 is 5.32 Å². The number of nitrogens with zero attached hydrogens (tertiary/aromatic N) is 1. The number of aliphatic hydroxyl groups excluding tert-OH is 1. The lowest BCUT2D eigenvalue weighted by Crippen LogP contribution is -2.19. The lowest BCUT2D eigenvalue weighted by molar-refractivity contribution is -0.114. The summed E-state index contributed by atoms with van der Waals surface area (Å²) < 4.78 is 0. The van der Waals surface area contributed by atoms with Crippen LogP contribution in [0.4, 0.5) is 5.69 Å². The van der Waals surface area contributed by atoms with Crippen LogP contribution in [0.15, 0.2) is 18.2 Å². The minimum Gasteiger partial charge on any atom is -0.379 e. The number of hydrogen-bond acceptors (Lipinski definition) is 4. The molecule has 3 rings (SSSR count). The molecule has 22 heavy (non-hydrogen) atoms. The molecule has 0 fully saturated rings. The van der Waals surface area contributed by atoms with E-state index >= 15 is 0 Å². The van der Waals surface area contributed by atoms with Crippen molar-refractivity contribution in [1.82, 2.24) is 9.97 Å². The van der Waals surface area contributed by atoms with Crippen molar-refractivity contribution in [2.24, 2.45) is 0 Å². The number of carbonyl (C=O) groups is 2. The zero-order valence-corrected chi connectivity index (χ0v) is 12.6. The minimum atomic E-state index is -1.25. The van der Waals surface area contributed by atoms with E-state index in [1.807, 2.05) is 13.8 Å². The Bertz CT molecular complexity index is 777. The molecule has 1 aromatic carbocycles. The van der Waals surface area contributed by atoms with Gasteiger partial charge in [-0.1, -0.05) is 13.8 Å². The highest BCUT2D eigenvalue weighted by atomic mass is 16.3. The van der Waals surface area contributed by atoms with Gasteiger partial charge in [-0.15, -0.1) is 0 Å². The fraction of sp³-hybridized carbons (Fsp3) is 0.312. The third-order valence-electron chi connectivity index (χ3n) is 3.68. The SMILES string of the molecule is CC(=O)Nc1ccc2c(c1)C(=O)C(O)c1[nH]c(C(C)C)nc1-2. The second kappa shape index (κ2) is 5.06. The second-order valence-corrected chi connectivity index (χ2v) is 5.75. The van der Waals surface area contributed by atoms with Crippen LogP contribution in [0.1, 0.15) is 54.7 Å². The molecular formula is C16H17N3O3. The van der Waals surface area contributed by atoms with E-state index in [0.29, 0.717) is 28.2 Å². The van der Waals surface area contributed by atoms with Crippen LogP contribution >= 0.6 is 0 Å². The zero-order chi connectivity index (χ0) is 16.0. The topological polar surface area (TPSA) is 95.1 Å². The van der Waals surface area contributed by atoms with Crippen LogP contribution in [0.3, 0.4) is 0 Å². The Labute approximate surface area is 127 Å². The Morgan fingerprint density at radius 3 is 2.73 bits per heavy atom. The van der Waals surface area contributed by atoms with Crippen LogP contribution in [-0.4, -0.2) is 26.8 Å². The van der Waals surface area contributed by atoms with E-state index in [2.05, 4.69) is 15.3 Å². The highest BCUT2D eigenvalue weighted by Crippen LogP contribution is 2.38. The van der Waals surface area contributed by atoms with Gasteiger partial charge in [0, 0.05) is 29.7 Å². The number of H-pyrrole nitrogens is 1. The van der Waals surface area contributed by atoms with E-state index in [0.717, 1.165) is 5.82 Å². The van der Waals surface area contributed by atoms with Gasteiger partial charge in [-0.25, -0.2) is 4.98 Å². The number of imidazole rings is 1. The van der Waals surface area contributed by atoms with E-state index in [1.165, 1.54) is 6.92 Å². The highest BCUT2D eigenvalue weighted by molar-refractivity contribution is 6.09. The number of fused-ring (bicyclic) bond motifs is 3. The van der Waals surface area contributed by atoms with Crippen molar-refractivity contribution in [3.05, 3.63) is 35.3 Å². The molecule has 6 heteroatoms. The summed E-state index contributed by atoms with van der Waals surface area (Å²) in [5.41, 5.74) is 2.60. The number of Topliss-reactive ketones (excluding diaryl/α,β-unsaturated/α-hetero) is 1. The summed E-state index contributed by atoms with van der Waals surface area (Å²) in [7, 11) is 0. The smallest absolute Gasteiger partial charge is 0.221 e. The van der Waals surface area contributed by atoms with E-state index in [9.17, 15) is 14.7 Å². The summed E-state index contributed by atoms with van der Waals surface area (Å²) in [6.45, 7) is 5.37. The quantitative estimate of drug-likeness (QED) is 0.793. The number of hydrogen-bond donors (Lipinski definition) is 3. The number of carbonyl (C=O) groups excluding carboxylic acids is 2. The highest BCUT2D eigenvalue weighted by Gasteiger charge is 2.34. The predicted octanol–water partition coefficient (Wildman–Crippen LogP) is 2.39. The van der Waals surface area contributed by atoms with Crippen LogP contribution in [0, 0.1) is 0 Å². The monoisotopic (exact) mass is 299 g/mol. The number of aromatic amines is 1. The predicted molar refractivity (Wildman–Crippen MR) is 81.7 cm³/mol. The first-order valence-electron chi connectivity index (χ1n) is 7.12. The van der Waals surface area contributed by atoms with Gasteiger partial charge >= 0.3 is 0 Å². The van der Waals surface area contributed by atoms with Crippen molar-refractivity contribution >= 4 is 17.4 Å². The number of aromatic nitrogens is 2. The molecule has 114 valence electrons. The van der Waals surface area contributed by atoms with Crippen LogP contribution in [0.25, 0.3) is 11.3 Å². The molecule has 0 aliphatic heterocycles.